The number of aromatic nitrogens is 3. The lowest BCUT2D eigenvalue weighted by atomic mass is 10.0. The molecule has 0 bridgehead atoms. The monoisotopic (exact) mass is 877 g/mol. The van der Waals surface area contributed by atoms with Gasteiger partial charge in [0.05, 0.1) is 73.7 Å². The number of benzene rings is 3. The molecule has 3 aromatic carbocycles. The summed E-state index contributed by atoms with van der Waals surface area (Å²) in [4.78, 5) is 80.9. The number of rotatable bonds is 17. The number of piperidine rings is 2. The summed E-state index contributed by atoms with van der Waals surface area (Å²) in [5.74, 6) is -1.16. The molecule has 0 aliphatic carbocycles. The third-order valence-electron chi connectivity index (χ3n) is 11.7. The number of fused-ring (bicyclic) bond motifs is 2. The zero-order valence-electron chi connectivity index (χ0n) is 34.9. The predicted molar refractivity (Wildman–Crippen MR) is 236 cm³/mol. The minimum Gasteiger partial charge on any atom is -0.494 e. The Morgan fingerprint density at radius 3 is 2.51 bits per heavy atom. The van der Waals surface area contributed by atoms with Crippen LogP contribution in [0, 0.1) is 0 Å². The van der Waals surface area contributed by atoms with Crippen LogP contribution in [0.15, 0.2) is 73.1 Å². The largest absolute Gasteiger partial charge is 0.494 e. The van der Waals surface area contributed by atoms with Gasteiger partial charge in [-0.3, -0.25) is 34.2 Å². The molecule has 5 amide bonds. The molecule has 5 heterocycles. The molecule has 328 valence electrons. The van der Waals surface area contributed by atoms with E-state index in [0.717, 1.165) is 53.0 Å². The summed E-state index contributed by atoms with van der Waals surface area (Å²) in [7, 11) is 3.48. The van der Waals surface area contributed by atoms with Gasteiger partial charge in [0.15, 0.2) is 0 Å². The van der Waals surface area contributed by atoms with Gasteiger partial charge >= 0.3 is 0 Å². The van der Waals surface area contributed by atoms with Gasteiger partial charge < -0.3 is 39.6 Å². The number of H-pyrrole nitrogens is 1. The molecular formula is C45H48ClN9O8. The maximum Gasteiger partial charge on any atom is 0.264 e. The van der Waals surface area contributed by atoms with E-state index in [1.165, 1.54) is 0 Å². The number of halogens is 1. The molecule has 63 heavy (non-hydrogen) atoms. The van der Waals surface area contributed by atoms with Crippen LogP contribution < -0.4 is 25.6 Å². The lowest BCUT2D eigenvalue weighted by Gasteiger charge is -2.38. The van der Waals surface area contributed by atoms with Crippen LogP contribution in [-0.4, -0.2) is 127 Å². The maximum absolute atomic E-state index is 13.3. The molecule has 2 saturated heterocycles. The van der Waals surface area contributed by atoms with E-state index in [1.54, 1.807) is 31.5 Å². The molecule has 3 aliphatic heterocycles. The van der Waals surface area contributed by atoms with Crippen molar-refractivity contribution in [2.24, 2.45) is 0 Å². The molecule has 1 atom stereocenters. The van der Waals surface area contributed by atoms with Gasteiger partial charge in [-0.2, -0.15) is 0 Å². The Bertz CT molecular complexity index is 2540. The van der Waals surface area contributed by atoms with E-state index in [1.807, 2.05) is 60.6 Å². The molecule has 0 spiro atoms. The maximum atomic E-state index is 13.3. The highest BCUT2D eigenvalue weighted by Crippen LogP contribution is 2.36. The van der Waals surface area contributed by atoms with Gasteiger partial charge in [-0.15, -0.1) is 0 Å². The average Bonchev–Trinajstić information content (AvgIpc) is 3.84. The lowest BCUT2D eigenvalue weighted by molar-refractivity contribution is -0.136. The fourth-order valence-electron chi connectivity index (χ4n) is 8.28. The summed E-state index contributed by atoms with van der Waals surface area (Å²) in [6.07, 6.45) is 5.51. The second-order valence-electron chi connectivity index (χ2n) is 15.4. The van der Waals surface area contributed by atoms with Gasteiger partial charge in [-0.25, -0.2) is 9.97 Å². The standard InChI is InChI=1S/C45H48ClN9O8/c1-53(39(57)16-20-62-22-23-63-21-17-47-35-9-5-7-30-40(35)44(60)55(43(30)59)36-12-13-38(56)51-42(36)58)27-14-18-54(19-15-27)28-10-11-34(37(24-28)61-2)50-45-49-26-32(46)41(52-45)31-25-48-33-8-4-3-6-29(31)33/h3-11,24-27,36,47-48H,12-23H2,1-2H3,(H,49,50,52)(H,51,56,58). The van der Waals surface area contributed by atoms with Crippen molar-refractivity contribution in [3.63, 3.8) is 0 Å². The number of ether oxygens (including phenoxy) is 3. The molecule has 1 unspecified atom stereocenters. The van der Waals surface area contributed by atoms with E-state index in [-0.39, 0.29) is 48.9 Å². The van der Waals surface area contributed by atoms with Crippen LogP contribution >= 0.6 is 11.6 Å². The van der Waals surface area contributed by atoms with Gasteiger partial charge in [-0.1, -0.05) is 35.9 Å². The van der Waals surface area contributed by atoms with E-state index < -0.39 is 29.7 Å². The minimum absolute atomic E-state index is 0.0209. The van der Waals surface area contributed by atoms with Gasteiger partial charge in [0.25, 0.3) is 11.8 Å². The number of para-hydroxylation sites is 1. The number of methoxy groups -OCH3 is 1. The summed E-state index contributed by atoms with van der Waals surface area (Å²) in [5.41, 5.74) is 5.08. The van der Waals surface area contributed by atoms with Gasteiger partial charge in [0.1, 0.15) is 11.8 Å². The molecule has 5 aromatic rings. The summed E-state index contributed by atoms with van der Waals surface area (Å²) >= 11 is 6.55. The molecule has 8 rings (SSSR count). The fraction of sp³-hybridized carbons (Fsp3) is 0.356. The first-order chi connectivity index (χ1) is 30.6. The minimum atomic E-state index is -1.03. The zero-order chi connectivity index (χ0) is 44.0. The van der Waals surface area contributed by atoms with Crippen molar-refractivity contribution in [1.82, 2.24) is 30.1 Å². The highest BCUT2D eigenvalue weighted by Gasteiger charge is 2.45. The number of hydrogen-bond donors (Lipinski definition) is 4. The Kier molecular flexibility index (Phi) is 13.2. The fourth-order valence-corrected chi connectivity index (χ4v) is 8.47. The molecule has 17 nitrogen and oxygen atoms in total. The second kappa shape index (κ2) is 19.2. The van der Waals surface area contributed by atoms with Crippen molar-refractivity contribution in [3.05, 3.63) is 89.2 Å². The Labute approximate surface area is 368 Å². The molecule has 3 aliphatic rings. The van der Waals surface area contributed by atoms with Crippen LogP contribution in [0.5, 0.6) is 5.75 Å². The zero-order valence-corrected chi connectivity index (χ0v) is 35.7. The molecule has 0 saturated carbocycles. The first-order valence-electron chi connectivity index (χ1n) is 20.9. The van der Waals surface area contributed by atoms with Crippen molar-refractivity contribution in [3.8, 4) is 17.0 Å². The van der Waals surface area contributed by atoms with Crippen LogP contribution in [0.3, 0.4) is 0 Å². The van der Waals surface area contributed by atoms with E-state index >= 15 is 0 Å². The van der Waals surface area contributed by atoms with E-state index in [9.17, 15) is 24.0 Å². The predicted octanol–water partition coefficient (Wildman–Crippen LogP) is 5.39. The first kappa shape index (κ1) is 43.1. The van der Waals surface area contributed by atoms with Crippen molar-refractivity contribution in [1.29, 1.82) is 0 Å². The van der Waals surface area contributed by atoms with Crippen molar-refractivity contribution in [2.45, 2.75) is 44.2 Å². The van der Waals surface area contributed by atoms with Crippen LogP contribution in [-0.2, 0) is 23.9 Å². The molecular weight excluding hydrogens is 830 g/mol. The average molecular weight is 878 g/mol. The molecule has 2 fully saturated rings. The third kappa shape index (κ3) is 9.31. The number of nitrogens with one attached hydrogen (secondary N) is 4. The number of aromatic amines is 1. The normalized spacial score (nSPS) is 16.7. The van der Waals surface area contributed by atoms with Crippen molar-refractivity contribution >= 4 is 75.1 Å². The van der Waals surface area contributed by atoms with Gasteiger partial charge in [0.2, 0.25) is 23.7 Å². The van der Waals surface area contributed by atoms with Gasteiger partial charge in [-0.05, 0) is 49.6 Å². The Morgan fingerprint density at radius 2 is 1.71 bits per heavy atom. The Morgan fingerprint density at radius 1 is 0.921 bits per heavy atom. The van der Waals surface area contributed by atoms with Crippen molar-refractivity contribution < 1.29 is 38.2 Å². The first-order valence-corrected chi connectivity index (χ1v) is 21.3. The van der Waals surface area contributed by atoms with E-state index in [0.29, 0.717) is 60.2 Å². The smallest absolute Gasteiger partial charge is 0.264 e. The van der Waals surface area contributed by atoms with Crippen LogP contribution in [0.2, 0.25) is 5.02 Å². The number of carbonyl (C=O) groups is 5. The Balaban J connectivity index is 0.734. The van der Waals surface area contributed by atoms with Crippen LogP contribution in [0.1, 0.15) is 52.8 Å². The summed E-state index contributed by atoms with van der Waals surface area (Å²) < 4.78 is 17.1. The Hall–Kier alpha value is -6.56. The lowest BCUT2D eigenvalue weighted by Crippen LogP contribution is -2.54. The number of imide groups is 2. The second-order valence-corrected chi connectivity index (χ2v) is 15.9. The number of carbonyl (C=O) groups excluding carboxylic acids is 5. The molecule has 18 heteroatoms. The molecule has 2 aromatic heterocycles. The third-order valence-corrected chi connectivity index (χ3v) is 11.9. The summed E-state index contributed by atoms with van der Waals surface area (Å²) in [6, 6.07) is 17.9. The van der Waals surface area contributed by atoms with Gasteiger partial charge in [0, 0.05) is 79.2 Å². The highest BCUT2D eigenvalue weighted by atomic mass is 35.5. The van der Waals surface area contributed by atoms with E-state index in [2.05, 4.69) is 30.8 Å². The summed E-state index contributed by atoms with van der Waals surface area (Å²) in [6.45, 7) is 3.08. The topological polar surface area (TPSA) is 200 Å². The number of amides is 5. The SMILES string of the molecule is COc1cc(N2CCC(N(C)C(=O)CCOCCOCCNc3cccc4c3C(=O)N(C3CCC(=O)NC3=O)C4=O)CC2)ccc1Nc1ncc(Cl)c(-c2c[nH]c3ccccc23)n1. The number of hydrogen-bond acceptors (Lipinski definition) is 13. The molecule has 4 N–H and O–H groups in total. The van der Waals surface area contributed by atoms with Crippen LogP contribution in [0.4, 0.5) is 23.0 Å². The highest BCUT2D eigenvalue weighted by molar-refractivity contribution is 6.33. The number of anilines is 4. The van der Waals surface area contributed by atoms with Crippen LogP contribution in [0.25, 0.3) is 22.2 Å². The number of nitrogens with zero attached hydrogens (tertiary/aromatic N) is 5. The molecule has 0 radical (unpaired) electrons. The van der Waals surface area contributed by atoms with Crippen molar-refractivity contribution in [2.75, 3.05) is 75.8 Å². The van der Waals surface area contributed by atoms with E-state index in [4.69, 9.17) is 30.8 Å². The quantitative estimate of drug-likeness (QED) is 0.0685. The summed E-state index contributed by atoms with van der Waals surface area (Å²) in [5, 5.41) is 10.1.